The van der Waals surface area contributed by atoms with E-state index in [1.165, 1.54) is 17.7 Å². The lowest BCUT2D eigenvalue weighted by molar-refractivity contribution is 0.201. The van der Waals surface area contributed by atoms with E-state index < -0.39 is 6.09 Å². The molecule has 1 N–H and O–H groups in total. The molecule has 1 heterocycles. The molecule has 6 nitrogen and oxygen atoms in total. The molecule has 1 amide bonds. The number of carbonyl (C=O) groups is 1. The molecule has 8 heteroatoms. The molecule has 0 unspecified atom stereocenters. The van der Waals surface area contributed by atoms with Crippen LogP contribution in [0.2, 0.25) is 10.0 Å². The number of carboxylic acid groups (broad SMARTS) is 1. The Bertz CT molecular complexity index is 962. The smallest absolute Gasteiger partial charge is 0.412 e. The van der Waals surface area contributed by atoms with Crippen molar-refractivity contribution in [3.8, 4) is 5.75 Å². The van der Waals surface area contributed by atoms with Crippen LogP contribution in [0.1, 0.15) is 34.6 Å². The molecule has 2 rings (SSSR count). The number of rotatable bonds is 5. The van der Waals surface area contributed by atoms with Crippen LogP contribution in [0.25, 0.3) is 10.8 Å². The lowest BCUT2D eigenvalue weighted by atomic mass is 9.96. The number of pyridine rings is 1. The average Bonchev–Trinajstić information content (AvgIpc) is 2.56. The van der Waals surface area contributed by atoms with Gasteiger partial charge in [-0.1, -0.05) is 57.8 Å². The van der Waals surface area contributed by atoms with E-state index in [-0.39, 0.29) is 32.8 Å². The van der Waals surface area contributed by atoms with Crippen molar-refractivity contribution < 1.29 is 14.6 Å². The molecule has 0 aliphatic carbocycles. The highest BCUT2D eigenvalue weighted by Gasteiger charge is 2.27. The fourth-order valence-electron chi connectivity index (χ4n) is 2.83. The number of nitrogens with zero attached hydrogens (tertiary/aromatic N) is 2. The van der Waals surface area contributed by atoms with E-state index in [9.17, 15) is 14.7 Å². The van der Waals surface area contributed by atoms with E-state index in [0.717, 1.165) is 4.90 Å². The maximum absolute atomic E-state index is 13.3. The van der Waals surface area contributed by atoms with E-state index in [1.54, 1.807) is 6.07 Å². The van der Waals surface area contributed by atoms with Crippen molar-refractivity contribution in [2.75, 3.05) is 18.6 Å². The number of fused-ring (bicyclic) bond motifs is 1. The zero-order valence-electron chi connectivity index (χ0n) is 17.0. The standard InChI is InChI=1S/C20H26Cl2N2O4/c1-11(2)9-28-16-12-7-14(21)15(22)8-13(12)18(25)24(10-20(3,4)5)17(16)23(6)19(26)27/h7-8,11H,9-10H2,1-6H3,(H,26,27). The number of benzene rings is 1. The predicted molar refractivity (Wildman–Crippen MR) is 114 cm³/mol. The van der Waals surface area contributed by atoms with Crippen LogP contribution in [0, 0.1) is 11.3 Å². The number of anilines is 1. The Labute approximate surface area is 174 Å². The fourth-order valence-corrected chi connectivity index (χ4v) is 3.16. The van der Waals surface area contributed by atoms with E-state index in [1.807, 2.05) is 34.6 Å². The van der Waals surface area contributed by atoms with Crippen LogP contribution in [-0.2, 0) is 6.54 Å². The largest absolute Gasteiger partial charge is 0.489 e. The quantitative estimate of drug-likeness (QED) is 0.681. The van der Waals surface area contributed by atoms with Gasteiger partial charge in [-0.2, -0.15) is 0 Å². The van der Waals surface area contributed by atoms with Crippen LogP contribution >= 0.6 is 23.2 Å². The minimum Gasteiger partial charge on any atom is -0.489 e. The summed E-state index contributed by atoms with van der Waals surface area (Å²) < 4.78 is 7.46. The Hall–Kier alpha value is -1.92. The molecule has 154 valence electrons. The highest BCUT2D eigenvalue weighted by atomic mass is 35.5. The fraction of sp³-hybridized carbons (Fsp3) is 0.500. The number of aromatic nitrogens is 1. The van der Waals surface area contributed by atoms with Crippen molar-refractivity contribution in [1.82, 2.24) is 4.57 Å². The van der Waals surface area contributed by atoms with Gasteiger partial charge in [0.25, 0.3) is 5.56 Å². The maximum atomic E-state index is 13.3. The van der Waals surface area contributed by atoms with Crippen molar-refractivity contribution in [2.24, 2.45) is 11.3 Å². The van der Waals surface area contributed by atoms with Gasteiger partial charge < -0.3 is 9.84 Å². The first-order valence-electron chi connectivity index (χ1n) is 8.98. The number of amides is 1. The van der Waals surface area contributed by atoms with E-state index >= 15 is 0 Å². The average molecular weight is 429 g/mol. The summed E-state index contributed by atoms with van der Waals surface area (Å²) in [5.41, 5.74) is -0.625. The molecule has 0 saturated carbocycles. The van der Waals surface area contributed by atoms with Gasteiger partial charge in [-0.15, -0.1) is 0 Å². The molecule has 1 aromatic heterocycles. The van der Waals surface area contributed by atoms with Gasteiger partial charge >= 0.3 is 6.09 Å². The van der Waals surface area contributed by atoms with Crippen LogP contribution in [0.5, 0.6) is 5.75 Å². The molecule has 0 radical (unpaired) electrons. The second kappa shape index (κ2) is 8.21. The minimum absolute atomic E-state index is 0.180. The Morgan fingerprint density at radius 3 is 2.21 bits per heavy atom. The summed E-state index contributed by atoms with van der Waals surface area (Å²) in [5.74, 6) is 0.679. The monoisotopic (exact) mass is 428 g/mol. The Balaban J connectivity index is 2.99. The SMILES string of the molecule is CC(C)COc1c(N(C)C(=O)O)n(CC(C)(C)C)c(=O)c2cc(Cl)c(Cl)cc12. The summed E-state index contributed by atoms with van der Waals surface area (Å²) in [6, 6.07) is 3.06. The second-order valence-corrected chi connectivity index (χ2v) is 9.28. The van der Waals surface area contributed by atoms with Gasteiger partial charge in [0.05, 0.1) is 22.0 Å². The molecule has 28 heavy (non-hydrogen) atoms. The van der Waals surface area contributed by atoms with Crippen LogP contribution in [0.4, 0.5) is 10.6 Å². The molecule has 0 aliphatic rings. The van der Waals surface area contributed by atoms with Crippen molar-refractivity contribution >= 4 is 45.9 Å². The molecule has 0 aliphatic heterocycles. The van der Waals surface area contributed by atoms with Crippen LogP contribution in [0.3, 0.4) is 0 Å². The normalized spacial score (nSPS) is 11.9. The van der Waals surface area contributed by atoms with Gasteiger partial charge in [0, 0.05) is 19.0 Å². The molecular weight excluding hydrogens is 403 g/mol. The lowest BCUT2D eigenvalue weighted by Crippen LogP contribution is -2.35. The first-order valence-corrected chi connectivity index (χ1v) is 9.74. The Morgan fingerprint density at radius 2 is 1.75 bits per heavy atom. The first-order chi connectivity index (χ1) is 12.8. The Morgan fingerprint density at radius 1 is 1.21 bits per heavy atom. The van der Waals surface area contributed by atoms with Crippen molar-refractivity contribution in [3.63, 3.8) is 0 Å². The summed E-state index contributed by atoms with van der Waals surface area (Å²) in [6.45, 7) is 10.5. The number of halogens is 2. The topological polar surface area (TPSA) is 71.8 Å². The third-order valence-electron chi connectivity index (χ3n) is 4.04. The van der Waals surface area contributed by atoms with Gasteiger partial charge in [-0.25, -0.2) is 4.79 Å². The third-order valence-corrected chi connectivity index (χ3v) is 4.76. The highest BCUT2D eigenvalue weighted by molar-refractivity contribution is 6.42. The maximum Gasteiger partial charge on any atom is 0.412 e. The zero-order chi connectivity index (χ0) is 21.4. The summed E-state index contributed by atoms with van der Waals surface area (Å²) in [7, 11) is 1.39. The van der Waals surface area contributed by atoms with Crippen LogP contribution < -0.4 is 15.2 Å². The van der Waals surface area contributed by atoms with E-state index in [4.69, 9.17) is 27.9 Å². The minimum atomic E-state index is -1.20. The van der Waals surface area contributed by atoms with E-state index in [2.05, 4.69) is 0 Å². The van der Waals surface area contributed by atoms with Gasteiger partial charge in [-0.05, 0) is 23.5 Å². The molecule has 0 bridgehead atoms. The molecule has 0 saturated heterocycles. The number of hydrogen-bond acceptors (Lipinski definition) is 3. The van der Waals surface area contributed by atoms with Crippen molar-refractivity contribution in [1.29, 1.82) is 0 Å². The predicted octanol–water partition coefficient (Wildman–Crippen LogP) is 5.50. The summed E-state index contributed by atoms with van der Waals surface area (Å²) >= 11 is 12.3. The molecule has 1 aromatic carbocycles. The molecular formula is C20H26Cl2N2O4. The second-order valence-electron chi connectivity index (χ2n) is 8.46. The number of ether oxygens (including phenoxy) is 1. The van der Waals surface area contributed by atoms with Gasteiger partial charge in [-0.3, -0.25) is 14.3 Å². The Kier molecular flexibility index (Phi) is 6.56. The zero-order valence-corrected chi connectivity index (χ0v) is 18.5. The summed E-state index contributed by atoms with van der Waals surface area (Å²) in [4.78, 5) is 26.1. The summed E-state index contributed by atoms with van der Waals surface area (Å²) in [6.07, 6.45) is -1.20. The van der Waals surface area contributed by atoms with Gasteiger partial charge in [0.1, 0.15) is 0 Å². The van der Waals surface area contributed by atoms with E-state index in [0.29, 0.717) is 29.7 Å². The summed E-state index contributed by atoms with van der Waals surface area (Å²) in [5, 5.41) is 10.9. The highest BCUT2D eigenvalue weighted by Crippen LogP contribution is 2.39. The third kappa shape index (κ3) is 4.73. The van der Waals surface area contributed by atoms with Gasteiger partial charge in [0.2, 0.25) is 0 Å². The number of hydrogen-bond donors (Lipinski definition) is 1. The van der Waals surface area contributed by atoms with Crippen LogP contribution in [0.15, 0.2) is 16.9 Å². The molecule has 0 spiro atoms. The van der Waals surface area contributed by atoms with Crippen molar-refractivity contribution in [2.45, 2.75) is 41.2 Å². The molecule has 0 fully saturated rings. The van der Waals surface area contributed by atoms with Crippen molar-refractivity contribution in [3.05, 3.63) is 32.5 Å². The molecule has 0 atom stereocenters. The first kappa shape index (κ1) is 22.4. The lowest BCUT2D eigenvalue weighted by Gasteiger charge is -2.28. The van der Waals surface area contributed by atoms with Gasteiger partial charge in [0.15, 0.2) is 11.6 Å². The molecule has 2 aromatic rings. The van der Waals surface area contributed by atoms with Crippen LogP contribution in [-0.4, -0.2) is 29.4 Å².